The Hall–Kier alpha value is -3.72. The Balaban J connectivity index is 1.46. The van der Waals surface area contributed by atoms with Crippen LogP contribution >= 0.6 is 11.6 Å². The molecule has 1 aliphatic rings. The maximum absolute atomic E-state index is 12.2. The van der Waals surface area contributed by atoms with Crippen LogP contribution in [-0.2, 0) is 0 Å². The van der Waals surface area contributed by atoms with Gasteiger partial charge in [-0.25, -0.2) is 9.97 Å². The number of ether oxygens (including phenoxy) is 2. The van der Waals surface area contributed by atoms with Crippen molar-refractivity contribution in [3.63, 3.8) is 0 Å². The fourth-order valence-corrected chi connectivity index (χ4v) is 2.62. The molecule has 142 valence electrons. The first-order chi connectivity index (χ1) is 13.6. The second kappa shape index (κ2) is 7.49. The summed E-state index contributed by atoms with van der Waals surface area (Å²) >= 11 is 5.82. The molecule has 0 saturated carbocycles. The number of nitrogens with zero attached hydrogens (tertiary/aromatic N) is 2. The summed E-state index contributed by atoms with van der Waals surface area (Å²) in [7, 11) is 0. The smallest absolute Gasteiger partial charge is 0.269 e. The number of benzene rings is 2. The molecule has 0 aliphatic carbocycles. The molecule has 1 aliphatic heterocycles. The molecule has 4 rings (SSSR count). The van der Waals surface area contributed by atoms with Crippen molar-refractivity contribution in [1.29, 1.82) is 0 Å². The number of hydrazine groups is 1. The number of aromatic nitrogens is 2. The van der Waals surface area contributed by atoms with Gasteiger partial charge in [-0.15, -0.1) is 0 Å². The van der Waals surface area contributed by atoms with Crippen molar-refractivity contribution in [2.45, 2.75) is 0 Å². The van der Waals surface area contributed by atoms with Crippen LogP contribution in [0.15, 0.2) is 48.8 Å². The summed E-state index contributed by atoms with van der Waals surface area (Å²) in [5, 5.41) is 3.63. The van der Waals surface area contributed by atoms with Crippen LogP contribution in [0.5, 0.6) is 11.5 Å². The Morgan fingerprint density at radius 2 is 1.79 bits per heavy atom. The Morgan fingerprint density at radius 3 is 2.61 bits per heavy atom. The highest BCUT2D eigenvalue weighted by molar-refractivity contribution is 6.30. The highest BCUT2D eigenvalue weighted by Crippen LogP contribution is 2.35. The minimum Gasteiger partial charge on any atom is -0.454 e. The van der Waals surface area contributed by atoms with Crippen LogP contribution in [0.25, 0.3) is 0 Å². The van der Waals surface area contributed by atoms with Gasteiger partial charge in [0.2, 0.25) is 6.79 Å². The summed E-state index contributed by atoms with van der Waals surface area (Å²) in [6, 6.07) is 11.8. The van der Waals surface area contributed by atoms with Gasteiger partial charge < -0.3 is 20.5 Å². The Kier molecular flexibility index (Phi) is 4.73. The van der Waals surface area contributed by atoms with Crippen LogP contribution in [0.2, 0.25) is 5.02 Å². The SMILES string of the molecule is Nc1c(NNC(=O)c2ccc(Cl)cc2)ncnc1Nc1ccc2c(c1)OCO2. The van der Waals surface area contributed by atoms with E-state index in [9.17, 15) is 4.79 Å². The van der Waals surface area contributed by atoms with Crippen LogP contribution in [0, 0.1) is 0 Å². The monoisotopic (exact) mass is 398 g/mol. The van der Waals surface area contributed by atoms with Crippen molar-refractivity contribution < 1.29 is 14.3 Å². The topological polar surface area (TPSA) is 123 Å². The molecule has 0 unspecified atom stereocenters. The van der Waals surface area contributed by atoms with Crippen molar-refractivity contribution in [3.05, 3.63) is 59.4 Å². The zero-order chi connectivity index (χ0) is 19.5. The molecular weight excluding hydrogens is 384 g/mol. The van der Waals surface area contributed by atoms with Gasteiger partial charge in [0.05, 0.1) is 0 Å². The summed E-state index contributed by atoms with van der Waals surface area (Å²) in [6.45, 7) is 0.190. The van der Waals surface area contributed by atoms with E-state index in [1.807, 2.05) is 6.07 Å². The predicted octanol–water partition coefficient (Wildman–Crippen LogP) is 2.94. The number of nitrogens with one attached hydrogen (secondary N) is 3. The number of amides is 1. The fourth-order valence-electron chi connectivity index (χ4n) is 2.50. The van der Waals surface area contributed by atoms with Crippen molar-refractivity contribution in [1.82, 2.24) is 15.4 Å². The summed E-state index contributed by atoms with van der Waals surface area (Å²) < 4.78 is 10.6. The van der Waals surface area contributed by atoms with Gasteiger partial charge in [0.25, 0.3) is 5.91 Å². The number of anilines is 4. The van der Waals surface area contributed by atoms with Gasteiger partial charge in [0.1, 0.15) is 12.0 Å². The third-order valence-corrected chi connectivity index (χ3v) is 4.17. The van der Waals surface area contributed by atoms with E-state index in [4.69, 9.17) is 26.8 Å². The third kappa shape index (κ3) is 3.69. The molecule has 9 nitrogen and oxygen atoms in total. The van der Waals surface area contributed by atoms with Crippen molar-refractivity contribution in [2.24, 2.45) is 0 Å². The summed E-state index contributed by atoms with van der Waals surface area (Å²) in [5.41, 5.74) is 12.7. The standard InChI is InChI=1S/C18H15ClN6O3/c19-11-3-1-10(2-4-11)18(26)25-24-17-15(20)16(21-8-22-17)23-12-5-6-13-14(7-12)28-9-27-13/h1-8H,9,20H2,(H,25,26)(H2,21,22,23,24). The fraction of sp³-hybridized carbons (Fsp3) is 0.0556. The largest absolute Gasteiger partial charge is 0.454 e. The quantitative estimate of drug-likeness (QED) is 0.484. The minimum atomic E-state index is -0.361. The van der Waals surface area contributed by atoms with Crippen molar-refractivity contribution >= 4 is 40.5 Å². The van der Waals surface area contributed by atoms with E-state index in [1.165, 1.54) is 6.33 Å². The average Bonchev–Trinajstić information content (AvgIpc) is 3.17. The number of hydrogen-bond acceptors (Lipinski definition) is 8. The molecule has 1 aromatic heterocycles. The number of nitrogens with two attached hydrogens (primary N) is 1. The maximum Gasteiger partial charge on any atom is 0.269 e. The van der Waals surface area contributed by atoms with Crippen LogP contribution in [0.1, 0.15) is 10.4 Å². The molecule has 28 heavy (non-hydrogen) atoms. The van der Waals surface area contributed by atoms with Gasteiger partial charge >= 0.3 is 0 Å². The first-order valence-corrected chi connectivity index (χ1v) is 8.57. The zero-order valence-corrected chi connectivity index (χ0v) is 15.2. The van der Waals surface area contributed by atoms with E-state index >= 15 is 0 Å². The van der Waals surface area contributed by atoms with Crippen molar-refractivity contribution in [3.8, 4) is 11.5 Å². The normalized spacial score (nSPS) is 11.8. The first-order valence-electron chi connectivity index (χ1n) is 8.19. The molecule has 0 atom stereocenters. The van der Waals surface area contributed by atoms with Gasteiger partial charge in [-0.05, 0) is 36.4 Å². The molecule has 0 spiro atoms. The lowest BCUT2D eigenvalue weighted by molar-refractivity contribution is 0.0962. The van der Waals surface area contributed by atoms with Crippen LogP contribution < -0.4 is 31.4 Å². The predicted molar refractivity (Wildman–Crippen MR) is 105 cm³/mol. The summed E-state index contributed by atoms with van der Waals surface area (Å²) in [4.78, 5) is 20.4. The van der Waals surface area contributed by atoms with Gasteiger partial charge in [-0.2, -0.15) is 0 Å². The van der Waals surface area contributed by atoms with Gasteiger partial charge in [0, 0.05) is 22.3 Å². The molecule has 2 aromatic carbocycles. The molecule has 1 amide bonds. The van der Waals surface area contributed by atoms with Crippen LogP contribution in [0.3, 0.4) is 0 Å². The van der Waals surface area contributed by atoms with Crippen LogP contribution in [0.4, 0.5) is 23.0 Å². The van der Waals surface area contributed by atoms with E-state index in [2.05, 4.69) is 26.1 Å². The van der Waals surface area contributed by atoms with Crippen LogP contribution in [-0.4, -0.2) is 22.7 Å². The van der Waals surface area contributed by atoms with E-state index < -0.39 is 0 Å². The minimum absolute atomic E-state index is 0.190. The lowest BCUT2D eigenvalue weighted by Crippen LogP contribution is -2.30. The summed E-state index contributed by atoms with van der Waals surface area (Å²) in [5.74, 6) is 1.57. The number of rotatable bonds is 5. The maximum atomic E-state index is 12.2. The number of fused-ring (bicyclic) bond motifs is 1. The van der Waals surface area contributed by atoms with Crippen molar-refractivity contribution in [2.75, 3.05) is 23.3 Å². The molecular formula is C18H15ClN6O3. The van der Waals surface area contributed by atoms with E-state index in [0.717, 1.165) is 0 Å². The molecule has 0 fully saturated rings. The number of halogens is 1. The zero-order valence-electron chi connectivity index (χ0n) is 14.4. The van der Waals surface area contributed by atoms with E-state index in [-0.39, 0.29) is 24.2 Å². The lowest BCUT2D eigenvalue weighted by Gasteiger charge is -2.13. The highest BCUT2D eigenvalue weighted by atomic mass is 35.5. The highest BCUT2D eigenvalue weighted by Gasteiger charge is 2.15. The molecule has 0 radical (unpaired) electrons. The molecule has 5 N–H and O–H groups in total. The molecule has 3 aromatic rings. The summed E-state index contributed by atoms with van der Waals surface area (Å²) in [6.07, 6.45) is 1.32. The lowest BCUT2D eigenvalue weighted by atomic mass is 10.2. The number of hydrogen-bond donors (Lipinski definition) is 4. The van der Waals surface area contributed by atoms with Gasteiger partial charge in [-0.3, -0.25) is 15.6 Å². The first kappa shape index (κ1) is 17.7. The number of nitrogen functional groups attached to an aromatic ring is 1. The Morgan fingerprint density at radius 1 is 1.04 bits per heavy atom. The molecule has 0 bridgehead atoms. The Bertz CT molecular complexity index is 1030. The van der Waals surface area contributed by atoms with Gasteiger partial charge in [-0.1, -0.05) is 11.6 Å². The molecule has 10 heteroatoms. The molecule has 0 saturated heterocycles. The Labute approximate surface area is 164 Å². The number of carbonyl (C=O) groups excluding carboxylic acids is 1. The van der Waals surface area contributed by atoms with Gasteiger partial charge in [0.15, 0.2) is 23.1 Å². The molecule has 2 heterocycles. The average molecular weight is 399 g/mol. The number of carbonyl (C=O) groups is 1. The van der Waals surface area contributed by atoms with E-state index in [0.29, 0.717) is 33.6 Å². The second-order valence-corrected chi connectivity index (χ2v) is 6.20. The second-order valence-electron chi connectivity index (χ2n) is 5.76. The van der Waals surface area contributed by atoms with E-state index in [1.54, 1.807) is 36.4 Å². The third-order valence-electron chi connectivity index (χ3n) is 3.92.